The SMILES string of the molecule is CN(C)c1ccc(NC(=O)c2ccc(Cl)c(N)c2)cc1Cl. The van der Waals surface area contributed by atoms with Crippen LogP contribution in [-0.2, 0) is 0 Å². The summed E-state index contributed by atoms with van der Waals surface area (Å²) in [5.41, 5.74) is 7.99. The van der Waals surface area contributed by atoms with Crippen molar-refractivity contribution in [2.24, 2.45) is 0 Å². The Kier molecular flexibility index (Phi) is 4.60. The van der Waals surface area contributed by atoms with Crippen molar-refractivity contribution >= 4 is 46.2 Å². The summed E-state index contributed by atoms with van der Waals surface area (Å²) < 4.78 is 0. The number of halogens is 2. The van der Waals surface area contributed by atoms with Crippen molar-refractivity contribution in [3.63, 3.8) is 0 Å². The molecule has 2 aromatic rings. The first-order valence-corrected chi connectivity index (χ1v) is 6.97. The molecule has 6 heteroatoms. The lowest BCUT2D eigenvalue weighted by atomic mass is 10.2. The van der Waals surface area contributed by atoms with Crippen LogP contribution in [0.5, 0.6) is 0 Å². The fraction of sp³-hybridized carbons (Fsp3) is 0.133. The minimum atomic E-state index is -0.271. The van der Waals surface area contributed by atoms with Crippen LogP contribution in [0.15, 0.2) is 36.4 Å². The molecule has 0 aromatic heterocycles. The molecule has 110 valence electrons. The van der Waals surface area contributed by atoms with Crippen molar-refractivity contribution in [2.45, 2.75) is 0 Å². The summed E-state index contributed by atoms with van der Waals surface area (Å²) in [5, 5.41) is 3.76. The molecule has 3 N–H and O–H groups in total. The van der Waals surface area contributed by atoms with Gasteiger partial charge in [0.25, 0.3) is 5.91 Å². The standard InChI is InChI=1S/C15H15Cl2N3O/c1-20(2)14-6-4-10(8-12(14)17)19-15(21)9-3-5-11(16)13(18)7-9/h3-8H,18H2,1-2H3,(H,19,21). The zero-order valence-corrected chi connectivity index (χ0v) is 13.2. The Morgan fingerprint density at radius 2 is 1.81 bits per heavy atom. The van der Waals surface area contributed by atoms with Crippen LogP contribution in [0, 0.1) is 0 Å². The van der Waals surface area contributed by atoms with Gasteiger partial charge >= 0.3 is 0 Å². The molecule has 0 bridgehead atoms. The van der Waals surface area contributed by atoms with Crippen LogP contribution in [0.3, 0.4) is 0 Å². The van der Waals surface area contributed by atoms with Gasteiger partial charge < -0.3 is 16.0 Å². The molecule has 0 aliphatic rings. The largest absolute Gasteiger partial charge is 0.398 e. The van der Waals surface area contributed by atoms with Gasteiger partial charge in [0, 0.05) is 25.3 Å². The molecule has 2 aromatic carbocycles. The summed E-state index contributed by atoms with van der Waals surface area (Å²) in [7, 11) is 3.80. The third-order valence-electron chi connectivity index (χ3n) is 2.95. The number of nitrogens with two attached hydrogens (primary N) is 1. The molecule has 0 fully saturated rings. The van der Waals surface area contributed by atoms with Gasteiger partial charge in [-0.15, -0.1) is 0 Å². The average Bonchev–Trinajstić information content (AvgIpc) is 2.41. The van der Waals surface area contributed by atoms with Gasteiger partial charge in [0.15, 0.2) is 0 Å². The lowest BCUT2D eigenvalue weighted by molar-refractivity contribution is 0.102. The van der Waals surface area contributed by atoms with E-state index >= 15 is 0 Å². The molecule has 0 unspecified atom stereocenters. The van der Waals surface area contributed by atoms with E-state index in [1.54, 1.807) is 24.3 Å². The second-order valence-electron chi connectivity index (χ2n) is 4.75. The second-order valence-corrected chi connectivity index (χ2v) is 5.57. The van der Waals surface area contributed by atoms with E-state index < -0.39 is 0 Å². The predicted octanol–water partition coefficient (Wildman–Crippen LogP) is 3.89. The molecule has 4 nitrogen and oxygen atoms in total. The van der Waals surface area contributed by atoms with E-state index in [4.69, 9.17) is 28.9 Å². The minimum Gasteiger partial charge on any atom is -0.398 e. The topological polar surface area (TPSA) is 58.4 Å². The molecule has 2 rings (SSSR count). The van der Waals surface area contributed by atoms with Crippen molar-refractivity contribution in [1.29, 1.82) is 0 Å². The van der Waals surface area contributed by atoms with Crippen LogP contribution in [0.1, 0.15) is 10.4 Å². The lowest BCUT2D eigenvalue weighted by Crippen LogP contribution is -2.13. The van der Waals surface area contributed by atoms with Gasteiger partial charge in [-0.05, 0) is 36.4 Å². The summed E-state index contributed by atoms with van der Waals surface area (Å²) in [5.74, 6) is -0.271. The maximum absolute atomic E-state index is 12.1. The van der Waals surface area contributed by atoms with E-state index in [2.05, 4.69) is 5.32 Å². The highest BCUT2D eigenvalue weighted by molar-refractivity contribution is 6.34. The number of anilines is 3. The van der Waals surface area contributed by atoms with E-state index in [1.807, 2.05) is 25.1 Å². The Morgan fingerprint density at radius 1 is 1.10 bits per heavy atom. The molecular formula is C15H15Cl2N3O. The van der Waals surface area contributed by atoms with Crippen molar-refractivity contribution in [2.75, 3.05) is 30.0 Å². The first-order valence-electron chi connectivity index (χ1n) is 6.21. The number of nitrogens with zero attached hydrogens (tertiary/aromatic N) is 1. The summed E-state index contributed by atoms with van der Waals surface area (Å²) >= 11 is 12.0. The molecule has 0 saturated heterocycles. The molecule has 0 spiro atoms. The third kappa shape index (κ3) is 3.60. The Hall–Kier alpha value is -1.91. The monoisotopic (exact) mass is 323 g/mol. The molecule has 1 amide bonds. The number of benzene rings is 2. The number of nitrogen functional groups attached to an aromatic ring is 1. The highest BCUT2D eigenvalue weighted by atomic mass is 35.5. The normalized spacial score (nSPS) is 10.3. The first-order chi connectivity index (χ1) is 9.88. The van der Waals surface area contributed by atoms with Gasteiger partial charge in [0.2, 0.25) is 0 Å². The number of nitrogens with one attached hydrogen (secondary N) is 1. The summed E-state index contributed by atoms with van der Waals surface area (Å²) in [6, 6.07) is 10.1. The van der Waals surface area contributed by atoms with E-state index in [1.165, 1.54) is 6.07 Å². The van der Waals surface area contributed by atoms with E-state index in [0.717, 1.165) is 5.69 Å². The molecule has 0 atom stereocenters. The maximum Gasteiger partial charge on any atom is 0.255 e. The third-order valence-corrected chi connectivity index (χ3v) is 3.59. The molecule has 21 heavy (non-hydrogen) atoms. The highest BCUT2D eigenvalue weighted by Gasteiger charge is 2.10. The molecular weight excluding hydrogens is 309 g/mol. The lowest BCUT2D eigenvalue weighted by Gasteiger charge is -2.15. The van der Waals surface area contributed by atoms with Crippen LogP contribution < -0.4 is 16.0 Å². The molecule has 0 aliphatic heterocycles. The average molecular weight is 324 g/mol. The van der Waals surface area contributed by atoms with Crippen molar-refractivity contribution in [1.82, 2.24) is 0 Å². The molecule has 0 heterocycles. The number of amides is 1. The van der Waals surface area contributed by atoms with Gasteiger partial charge in [-0.25, -0.2) is 0 Å². The van der Waals surface area contributed by atoms with Crippen LogP contribution in [0.2, 0.25) is 10.0 Å². The Morgan fingerprint density at radius 3 is 2.38 bits per heavy atom. The van der Waals surface area contributed by atoms with Crippen LogP contribution in [0.25, 0.3) is 0 Å². The van der Waals surface area contributed by atoms with Crippen molar-refractivity contribution in [3.05, 3.63) is 52.0 Å². The Balaban J connectivity index is 2.19. The number of carbonyl (C=O) groups excluding carboxylic acids is 1. The minimum absolute atomic E-state index is 0.271. The fourth-order valence-corrected chi connectivity index (χ4v) is 2.30. The van der Waals surface area contributed by atoms with Crippen molar-refractivity contribution in [3.8, 4) is 0 Å². The Bertz CT molecular complexity index is 687. The van der Waals surface area contributed by atoms with E-state index in [0.29, 0.717) is 27.0 Å². The summed E-state index contributed by atoms with van der Waals surface area (Å²) in [6.07, 6.45) is 0. The Labute approximate surface area is 133 Å². The van der Waals surface area contributed by atoms with Gasteiger partial charge in [0.05, 0.1) is 21.4 Å². The predicted molar refractivity (Wildman–Crippen MR) is 89.6 cm³/mol. The number of carbonyl (C=O) groups is 1. The quantitative estimate of drug-likeness (QED) is 0.842. The number of rotatable bonds is 3. The highest BCUT2D eigenvalue weighted by Crippen LogP contribution is 2.28. The van der Waals surface area contributed by atoms with E-state index in [9.17, 15) is 4.79 Å². The summed E-state index contributed by atoms with van der Waals surface area (Å²) in [6.45, 7) is 0. The van der Waals surface area contributed by atoms with Gasteiger partial charge in [-0.1, -0.05) is 23.2 Å². The van der Waals surface area contributed by atoms with Gasteiger partial charge in [-0.3, -0.25) is 4.79 Å². The van der Waals surface area contributed by atoms with Gasteiger partial charge in [0.1, 0.15) is 0 Å². The molecule has 0 radical (unpaired) electrons. The van der Waals surface area contributed by atoms with Crippen LogP contribution in [0.4, 0.5) is 17.1 Å². The number of hydrogen-bond acceptors (Lipinski definition) is 3. The van der Waals surface area contributed by atoms with Crippen LogP contribution >= 0.6 is 23.2 Å². The van der Waals surface area contributed by atoms with E-state index in [-0.39, 0.29) is 5.91 Å². The zero-order valence-electron chi connectivity index (χ0n) is 11.7. The zero-order chi connectivity index (χ0) is 15.6. The van der Waals surface area contributed by atoms with Crippen LogP contribution in [-0.4, -0.2) is 20.0 Å². The molecule has 0 aliphatic carbocycles. The maximum atomic E-state index is 12.1. The second kappa shape index (κ2) is 6.24. The fourth-order valence-electron chi connectivity index (χ4n) is 1.84. The van der Waals surface area contributed by atoms with Crippen molar-refractivity contribution < 1.29 is 4.79 Å². The smallest absolute Gasteiger partial charge is 0.255 e. The molecule has 0 saturated carbocycles. The number of hydrogen-bond donors (Lipinski definition) is 2. The first kappa shape index (κ1) is 15.5. The summed E-state index contributed by atoms with van der Waals surface area (Å²) in [4.78, 5) is 14.0. The van der Waals surface area contributed by atoms with Gasteiger partial charge in [-0.2, -0.15) is 0 Å².